The minimum absolute atomic E-state index is 0.620. The molecule has 10 heavy (non-hydrogen) atoms. The molecule has 2 aliphatic rings. The minimum Gasteiger partial charge on any atom is -0.0844 e. The molecule has 0 bridgehead atoms. The molecule has 1 fully saturated rings. The van der Waals surface area contributed by atoms with E-state index < -0.39 is 0 Å². The third kappa shape index (κ3) is 0.910. The van der Waals surface area contributed by atoms with Crippen LogP contribution in [-0.2, 0) is 0 Å². The fraction of sp³-hybridized carbons (Fsp3) is 0.600. The molecule has 0 aliphatic heterocycles. The summed E-state index contributed by atoms with van der Waals surface area (Å²) in [5.41, 5.74) is 0. The first-order valence-electron chi connectivity index (χ1n) is 3.98. The van der Waals surface area contributed by atoms with Gasteiger partial charge in [-0.1, -0.05) is 24.7 Å². The van der Waals surface area contributed by atoms with Crippen LogP contribution in [0.3, 0.4) is 0 Å². The Morgan fingerprint density at radius 1 is 0.800 bits per heavy atom. The summed E-state index contributed by atoms with van der Waals surface area (Å²) in [6, 6.07) is 0. The minimum atomic E-state index is 0.620. The van der Waals surface area contributed by atoms with Gasteiger partial charge in [0.05, 0.1) is 0 Å². The van der Waals surface area contributed by atoms with Crippen molar-refractivity contribution >= 4 is 0 Å². The van der Waals surface area contributed by atoms with Crippen LogP contribution in [0.1, 0.15) is 25.7 Å². The molecule has 0 radical (unpaired) electrons. The summed E-state index contributed by atoms with van der Waals surface area (Å²) < 4.78 is 0. The van der Waals surface area contributed by atoms with E-state index in [1.54, 1.807) is 0 Å². The smallest absolute Gasteiger partial charge is 0.0351 e. The summed E-state index contributed by atoms with van der Waals surface area (Å²) in [6.07, 6.45) is 5.29. The van der Waals surface area contributed by atoms with Gasteiger partial charge in [-0.15, -0.1) is 0 Å². The van der Waals surface area contributed by atoms with Gasteiger partial charge in [0, 0.05) is 11.8 Å². The van der Waals surface area contributed by atoms with E-state index in [4.69, 9.17) is 0 Å². The van der Waals surface area contributed by atoms with E-state index in [-0.39, 0.29) is 0 Å². The summed E-state index contributed by atoms with van der Waals surface area (Å²) in [5.74, 6) is 13.4. The molecule has 2 rings (SSSR count). The lowest BCUT2D eigenvalue weighted by Crippen LogP contribution is -2.17. The van der Waals surface area contributed by atoms with Gasteiger partial charge in [0.25, 0.3) is 0 Å². The fourth-order valence-corrected chi connectivity index (χ4v) is 1.73. The van der Waals surface area contributed by atoms with Crippen LogP contribution in [0.5, 0.6) is 0 Å². The van der Waals surface area contributed by atoms with Gasteiger partial charge >= 0.3 is 0 Å². The third-order valence-electron chi connectivity index (χ3n) is 2.34. The topological polar surface area (TPSA) is 0 Å². The lowest BCUT2D eigenvalue weighted by Gasteiger charge is -2.23. The molecule has 2 unspecified atom stereocenters. The maximum atomic E-state index is 3.20. The Hall–Kier alpha value is -0.880. The quantitative estimate of drug-likeness (QED) is 0.439. The van der Waals surface area contributed by atoms with Crippen molar-refractivity contribution in [1.82, 2.24) is 0 Å². The molecule has 0 aromatic heterocycles. The van der Waals surface area contributed by atoms with Crippen LogP contribution in [0.2, 0.25) is 0 Å². The lowest BCUT2D eigenvalue weighted by atomic mass is 9.79. The van der Waals surface area contributed by atoms with Gasteiger partial charge in [-0.2, -0.15) is 0 Å². The number of rotatable bonds is 0. The van der Waals surface area contributed by atoms with Crippen LogP contribution in [0.15, 0.2) is 0 Å². The molecule has 0 N–H and O–H groups in total. The SMILES string of the molecule is C1#CC2CCCCC2C#C1. The molecule has 0 amide bonds. The number of hydrogen-bond donors (Lipinski definition) is 0. The Balaban J connectivity index is 2.15. The van der Waals surface area contributed by atoms with Gasteiger partial charge in [-0.3, -0.25) is 0 Å². The standard InChI is InChI=1S/C10H10/c1-2-6-10-8-4-3-7-9(10)5-1/h9-10H,1-2,5-6H2. The molecule has 0 aromatic rings. The van der Waals surface area contributed by atoms with Crippen molar-refractivity contribution in [3.05, 3.63) is 0 Å². The second-order valence-corrected chi connectivity index (χ2v) is 3.04. The van der Waals surface area contributed by atoms with Crippen molar-refractivity contribution < 1.29 is 0 Å². The van der Waals surface area contributed by atoms with Gasteiger partial charge in [0.2, 0.25) is 0 Å². The molecule has 50 valence electrons. The van der Waals surface area contributed by atoms with Gasteiger partial charge in [-0.25, -0.2) is 0 Å². The highest BCUT2D eigenvalue weighted by Crippen LogP contribution is 2.29. The summed E-state index contributed by atoms with van der Waals surface area (Å²) in [5, 5.41) is 0. The molecule has 0 aromatic carbocycles. The first-order chi connectivity index (χ1) is 4.97. The summed E-state index contributed by atoms with van der Waals surface area (Å²) >= 11 is 0. The third-order valence-corrected chi connectivity index (χ3v) is 2.34. The Kier molecular flexibility index (Phi) is 1.40. The zero-order valence-electron chi connectivity index (χ0n) is 5.98. The normalized spacial score (nSPS) is 34.4. The predicted octanol–water partition coefficient (Wildman–Crippen LogP) is 1.81. The fourth-order valence-electron chi connectivity index (χ4n) is 1.73. The Morgan fingerprint density at radius 2 is 1.30 bits per heavy atom. The Labute approximate surface area is 62.0 Å². The highest BCUT2D eigenvalue weighted by atomic mass is 14.2. The van der Waals surface area contributed by atoms with Crippen LogP contribution < -0.4 is 0 Å². The van der Waals surface area contributed by atoms with Crippen molar-refractivity contribution in [1.29, 1.82) is 0 Å². The molecule has 2 aliphatic carbocycles. The van der Waals surface area contributed by atoms with Crippen LogP contribution in [0.25, 0.3) is 0 Å². The van der Waals surface area contributed by atoms with E-state index >= 15 is 0 Å². The van der Waals surface area contributed by atoms with Crippen LogP contribution >= 0.6 is 0 Å². The van der Waals surface area contributed by atoms with Crippen molar-refractivity contribution in [2.75, 3.05) is 0 Å². The van der Waals surface area contributed by atoms with Crippen LogP contribution in [-0.4, -0.2) is 0 Å². The van der Waals surface area contributed by atoms with Crippen molar-refractivity contribution in [3.8, 4) is 23.7 Å². The Bertz CT molecular complexity index is 213. The summed E-state index contributed by atoms with van der Waals surface area (Å²) in [7, 11) is 0. The highest BCUT2D eigenvalue weighted by molar-refractivity contribution is 5.33. The zero-order valence-corrected chi connectivity index (χ0v) is 5.98. The van der Waals surface area contributed by atoms with Crippen molar-refractivity contribution in [2.24, 2.45) is 11.8 Å². The largest absolute Gasteiger partial charge is 0.0844 e. The van der Waals surface area contributed by atoms with E-state index in [0.717, 1.165) is 0 Å². The number of fused-ring (bicyclic) bond motifs is 1. The van der Waals surface area contributed by atoms with Crippen molar-refractivity contribution in [2.45, 2.75) is 25.7 Å². The van der Waals surface area contributed by atoms with E-state index in [0.29, 0.717) is 11.8 Å². The molecule has 0 spiro atoms. The van der Waals surface area contributed by atoms with E-state index in [9.17, 15) is 0 Å². The molecular formula is C10H10. The molecule has 0 heterocycles. The van der Waals surface area contributed by atoms with E-state index in [1.807, 2.05) is 0 Å². The van der Waals surface area contributed by atoms with Gasteiger partial charge < -0.3 is 0 Å². The maximum Gasteiger partial charge on any atom is 0.0351 e. The molecule has 2 atom stereocenters. The van der Waals surface area contributed by atoms with E-state index in [1.165, 1.54) is 25.7 Å². The molecule has 0 nitrogen and oxygen atoms in total. The second kappa shape index (κ2) is 2.39. The molecule has 0 saturated heterocycles. The summed E-state index contributed by atoms with van der Waals surface area (Å²) in [6.45, 7) is 0. The average Bonchev–Trinajstić information content (AvgIpc) is 2.05. The van der Waals surface area contributed by atoms with Gasteiger partial charge in [0.1, 0.15) is 0 Å². The molecule has 0 heteroatoms. The Morgan fingerprint density at radius 3 is 1.80 bits per heavy atom. The molecule has 1 saturated carbocycles. The summed E-state index contributed by atoms with van der Waals surface area (Å²) in [4.78, 5) is 0. The maximum absolute atomic E-state index is 3.20. The average molecular weight is 130 g/mol. The second-order valence-electron chi connectivity index (χ2n) is 3.04. The van der Waals surface area contributed by atoms with Crippen LogP contribution in [0.4, 0.5) is 0 Å². The first kappa shape index (κ1) is 5.87. The predicted molar refractivity (Wildman–Crippen MR) is 41.0 cm³/mol. The van der Waals surface area contributed by atoms with Crippen molar-refractivity contribution in [3.63, 3.8) is 0 Å². The van der Waals surface area contributed by atoms with Crippen LogP contribution in [0, 0.1) is 35.5 Å². The number of hydrogen-bond acceptors (Lipinski definition) is 0. The zero-order chi connectivity index (χ0) is 6.81. The van der Waals surface area contributed by atoms with Gasteiger partial charge in [0.15, 0.2) is 0 Å². The highest BCUT2D eigenvalue weighted by Gasteiger charge is 2.22. The lowest BCUT2D eigenvalue weighted by molar-refractivity contribution is 0.357. The molecular weight excluding hydrogens is 120 g/mol. The van der Waals surface area contributed by atoms with Gasteiger partial charge in [-0.05, 0) is 24.7 Å². The monoisotopic (exact) mass is 130 g/mol. The van der Waals surface area contributed by atoms with E-state index in [2.05, 4.69) is 23.7 Å². The first-order valence-corrected chi connectivity index (χ1v) is 3.98.